The first kappa shape index (κ1) is 32.8. The topological polar surface area (TPSA) is 200 Å². The second kappa shape index (κ2) is 15.4. The Hall–Kier alpha value is -4.45. The molecule has 0 radical (unpaired) electrons. The molecule has 2 aromatic rings. The van der Waals surface area contributed by atoms with E-state index in [-0.39, 0.29) is 30.9 Å². The summed E-state index contributed by atoms with van der Waals surface area (Å²) in [4.78, 5) is 62.3. The third-order valence-electron chi connectivity index (χ3n) is 6.23. The molecule has 0 aliphatic rings. The van der Waals surface area contributed by atoms with E-state index in [1.807, 2.05) is 13.8 Å². The molecule has 0 aliphatic carbocycles. The Morgan fingerprint density at radius 3 is 2.07 bits per heavy atom. The summed E-state index contributed by atoms with van der Waals surface area (Å²) in [5.74, 6) is -3.67. The minimum Gasteiger partial charge on any atom is -0.508 e. The van der Waals surface area contributed by atoms with Crippen LogP contribution in [-0.4, -0.2) is 70.5 Å². The standard InChI is InChI=1S/C29H39N5O7/c1-18(2)13-23(27(39)40)33-28(41)29(3,15-20-7-5-4-6-8-20)34-25(37)17-31-24(36)16-32-26(38)22(30)14-19-9-11-21(35)12-10-19/h4-12,18,22-23,35H,13-17,30H2,1-3H3,(H,31,36)(H,32,38)(H,33,41)(H,34,37)(H,39,40). The lowest BCUT2D eigenvalue weighted by Crippen LogP contribution is -2.62. The Labute approximate surface area is 239 Å². The number of phenolic OH excluding ortho intramolecular Hbond substituents is 1. The minimum absolute atomic E-state index is 0.00411. The molecule has 0 spiro atoms. The van der Waals surface area contributed by atoms with Crippen LogP contribution < -0.4 is 27.0 Å². The lowest BCUT2D eigenvalue weighted by Gasteiger charge is -2.31. The van der Waals surface area contributed by atoms with Crippen molar-refractivity contribution in [1.82, 2.24) is 21.3 Å². The number of amides is 4. The molecule has 0 aromatic heterocycles. The highest BCUT2D eigenvalue weighted by atomic mass is 16.4. The molecule has 4 amide bonds. The number of nitrogens with two attached hydrogens (primary N) is 1. The lowest BCUT2D eigenvalue weighted by atomic mass is 9.90. The van der Waals surface area contributed by atoms with Gasteiger partial charge in [0.25, 0.3) is 0 Å². The number of benzene rings is 2. The second-order valence-electron chi connectivity index (χ2n) is 10.5. The van der Waals surface area contributed by atoms with Crippen LogP contribution in [0.5, 0.6) is 5.75 Å². The van der Waals surface area contributed by atoms with Crippen molar-refractivity contribution in [3.05, 3.63) is 65.7 Å². The number of rotatable bonds is 15. The SMILES string of the molecule is CC(C)CC(NC(=O)C(C)(Cc1ccccc1)NC(=O)CNC(=O)CNC(=O)C(N)Cc1ccc(O)cc1)C(=O)O. The molecule has 12 heteroatoms. The molecule has 0 fully saturated rings. The van der Waals surface area contributed by atoms with Gasteiger partial charge in [-0.2, -0.15) is 0 Å². The second-order valence-corrected chi connectivity index (χ2v) is 10.5. The Balaban J connectivity index is 1.95. The molecule has 2 rings (SSSR count). The zero-order chi connectivity index (χ0) is 30.6. The highest BCUT2D eigenvalue weighted by molar-refractivity contribution is 5.95. The third-order valence-corrected chi connectivity index (χ3v) is 6.23. The molecule has 222 valence electrons. The fraction of sp³-hybridized carbons (Fsp3) is 0.414. The predicted octanol–water partition coefficient (Wildman–Crippen LogP) is 0.228. The number of hydrogen-bond acceptors (Lipinski definition) is 7. The van der Waals surface area contributed by atoms with E-state index in [2.05, 4.69) is 21.3 Å². The van der Waals surface area contributed by atoms with E-state index in [0.717, 1.165) is 11.1 Å². The normalized spacial score (nSPS) is 13.8. The number of carbonyl (C=O) groups excluding carboxylic acids is 4. The molecule has 0 saturated carbocycles. The van der Waals surface area contributed by atoms with Crippen molar-refractivity contribution >= 4 is 29.6 Å². The van der Waals surface area contributed by atoms with E-state index in [1.54, 1.807) is 42.5 Å². The van der Waals surface area contributed by atoms with Gasteiger partial charge in [-0.1, -0.05) is 56.3 Å². The van der Waals surface area contributed by atoms with Gasteiger partial charge >= 0.3 is 5.97 Å². The van der Waals surface area contributed by atoms with Crippen LogP contribution in [0.25, 0.3) is 0 Å². The number of carboxylic acids is 1. The minimum atomic E-state index is -1.52. The molecule has 41 heavy (non-hydrogen) atoms. The van der Waals surface area contributed by atoms with E-state index in [1.165, 1.54) is 19.1 Å². The zero-order valence-corrected chi connectivity index (χ0v) is 23.5. The molecule has 3 unspecified atom stereocenters. The number of hydrogen-bond donors (Lipinski definition) is 7. The van der Waals surface area contributed by atoms with Gasteiger partial charge < -0.3 is 37.2 Å². The summed E-state index contributed by atoms with van der Waals surface area (Å²) in [6.45, 7) is 4.25. The first-order chi connectivity index (χ1) is 19.3. The van der Waals surface area contributed by atoms with Gasteiger partial charge in [-0.15, -0.1) is 0 Å². The molecule has 12 nitrogen and oxygen atoms in total. The molecule has 0 saturated heterocycles. The number of nitrogens with one attached hydrogen (secondary N) is 4. The highest BCUT2D eigenvalue weighted by Gasteiger charge is 2.37. The quantitative estimate of drug-likeness (QED) is 0.158. The van der Waals surface area contributed by atoms with Crippen molar-refractivity contribution < 1.29 is 34.2 Å². The highest BCUT2D eigenvalue weighted by Crippen LogP contribution is 2.16. The summed E-state index contributed by atoms with van der Waals surface area (Å²) in [5, 5.41) is 28.9. The molecule has 8 N–H and O–H groups in total. The Bertz CT molecular complexity index is 1200. The average Bonchev–Trinajstić information content (AvgIpc) is 2.91. The molecule has 0 heterocycles. The van der Waals surface area contributed by atoms with Crippen molar-refractivity contribution in [2.75, 3.05) is 13.1 Å². The lowest BCUT2D eigenvalue weighted by molar-refractivity contribution is -0.143. The molecular formula is C29H39N5O7. The van der Waals surface area contributed by atoms with Gasteiger partial charge in [0, 0.05) is 6.42 Å². The van der Waals surface area contributed by atoms with Crippen LogP contribution in [0.15, 0.2) is 54.6 Å². The maximum absolute atomic E-state index is 13.3. The fourth-order valence-corrected chi connectivity index (χ4v) is 4.07. The van der Waals surface area contributed by atoms with Crippen LogP contribution in [0.4, 0.5) is 0 Å². The molecule has 3 atom stereocenters. The van der Waals surface area contributed by atoms with Gasteiger partial charge in [-0.25, -0.2) is 4.79 Å². The zero-order valence-electron chi connectivity index (χ0n) is 23.5. The van der Waals surface area contributed by atoms with E-state index < -0.39 is 60.3 Å². The van der Waals surface area contributed by atoms with Crippen LogP contribution >= 0.6 is 0 Å². The summed E-state index contributed by atoms with van der Waals surface area (Å²) in [6, 6.07) is 13.0. The van der Waals surface area contributed by atoms with Crippen molar-refractivity contribution in [3.63, 3.8) is 0 Å². The number of aromatic hydroxyl groups is 1. The van der Waals surface area contributed by atoms with Gasteiger partial charge in [0.15, 0.2) is 0 Å². The first-order valence-electron chi connectivity index (χ1n) is 13.3. The molecule has 0 bridgehead atoms. The van der Waals surface area contributed by atoms with Crippen molar-refractivity contribution in [1.29, 1.82) is 0 Å². The van der Waals surface area contributed by atoms with E-state index >= 15 is 0 Å². The summed E-state index contributed by atoms with van der Waals surface area (Å²) >= 11 is 0. The molecule has 2 aromatic carbocycles. The van der Waals surface area contributed by atoms with Crippen LogP contribution in [0.2, 0.25) is 0 Å². The number of carbonyl (C=O) groups is 5. The van der Waals surface area contributed by atoms with Gasteiger partial charge in [-0.05, 0) is 48.9 Å². The van der Waals surface area contributed by atoms with Gasteiger partial charge in [0.2, 0.25) is 23.6 Å². The monoisotopic (exact) mass is 569 g/mol. The Morgan fingerprint density at radius 2 is 1.49 bits per heavy atom. The Kier molecular flexibility index (Phi) is 12.3. The van der Waals surface area contributed by atoms with E-state index in [9.17, 15) is 34.2 Å². The first-order valence-corrected chi connectivity index (χ1v) is 13.3. The van der Waals surface area contributed by atoms with Gasteiger partial charge in [0.1, 0.15) is 17.3 Å². The van der Waals surface area contributed by atoms with Crippen molar-refractivity contribution in [3.8, 4) is 5.75 Å². The summed E-state index contributed by atoms with van der Waals surface area (Å²) in [7, 11) is 0. The number of aliphatic carboxylic acids is 1. The largest absolute Gasteiger partial charge is 0.508 e. The summed E-state index contributed by atoms with van der Waals surface area (Å²) in [5.41, 5.74) is 5.83. The van der Waals surface area contributed by atoms with E-state index in [4.69, 9.17) is 5.73 Å². The van der Waals surface area contributed by atoms with Crippen molar-refractivity contribution in [2.24, 2.45) is 11.7 Å². The van der Waals surface area contributed by atoms with Gasteiger partial charge in [-0.3, -0.25) is 19.2 Å². The van der Waals surface area contributed by atoms with E-state index in [0.29, 0.717) is 0 Å². The maximum Gasteiger partial charge on any atom is 0.326 e. The molecule has 0 aliphatic heterocycles. The summed E-state index contributed by atoms with van der Waals surface area (Å²) < 4.78 is 0. The van der Waals surface area contributed by atoms with Crippen molar-refractivity contribution in [2.45, 2.75) is 57.7 Å². The predicted molar refractivity (Wildman–Crippen MR) is 152 cm³/mol. The third kappa shape index (κ3) is 11.3. The maximum atomic E-state index is 13.3. The van der Waals surface area contributed by atoms with Gasteiger partial charge in [0.05, 0.1) is 19.1 Å². The number of carboxylic acid groups (broad SMARTS) is 1. The molecular weight excluding hydrogens is 530 g/mol. The fourth-order valence-electron chi connectivity index (χ4n) is 4.07. The van der Waals surface area contributed by atoms with Crippen LogP contribution in [-0.2, 0) is 36.8 Å². The summed E-state index contributed by atoms with van der Waals surface area (Å²) in [6.07, 6.45) is 0.470. The smallest absolute Gasteiger partial charge is 0.326 e. The van der Waals surface area contributed by atoms with Crippen LogP contribution in [0.3, 0.4) is 0 Å². The van der Waals surface area contributed by atoms with Crippen LogP contribution in [0, 0.1) is 5.92 Å². The average molecular weight is 570 g/mol. The van der Waals surface area contributed by atoms with Crippen LogP contribution in [0.1, 0.15) is 38.3 Å². The number of phenols is 1. The Morgan fingerprint density at radius 1 is 0.878 bits per heavy atom.